The topological polar surface area (TPSA) is 30.7 Å². The van der Waals surface area contributed by atoms with E-state index >= 15 is 0 Å². The minimum Gasteiger partial charge on any atom is -0.314 e. The lowest BCUT2D eigenvalue weighted by molar-refractivity contribution is 0.499. The van der Waals surface area contributed by atoms with Crippen LogP contribution in [0.2, 0.25) is 0 Å². The van der Waals surface area contributed by atoms with E-state index in [4.69, 9.17) is 11.6 Å². The molecule has 0 aliphatic carbocycles. The largest absolute Gasteiger partial charge is 0.314 e. The Balaban J connectivity index is 2.34. The summed E-state index contributed by atoms with van der Waals surface area (Å²) in [7, 11) is 0. The summed E-state index contributed by atoms with van der Waals surface area (Å²) in [6.45, 7) is 2.56. The number of rotatable bonds is 4. The molecule has 0 aliphatic rings. The smallest absolute Gasteiger partial charge is 0.162 e. The fourth-order valence-electron chi connectivity index (χ4n) is 1.82. The van der Waals surface area contributed by atoms with Gasteiger partial charge in [0.25, 0.3) is 0 Å². The first kappa shape index (κ1) is 13.0. The Kier molecular flexibility index (Phi) is 3.91. The highest BCUT2D eigenvalue weighted by molar-refractivity contribution is 6.16. The Morgan fingerprint density at radius 1 is 1.22 bits per heavy atom. The van der Waals surface area contributed by atoms with E-state index in [1.165, 1.54) is 12.1 Å². The average molecular weight is 272 g/mol. The van der Waals surface area contributed by atoms with Gasteiger partial charge in [0, 0.05) is 13.0 Å². The lowest BCUT2D eigenvalue weighted by Crippen LogP contribution is -2.07. The summed E-state index contributed by atoms with van der Waals surface area (Å²) in [5.74, 6) is -0.237. The van der Waals surface area contributed by atoms with Crippen LogP contribution in [-0.2, 0) is 18.8 Å². The van der Waals surface area contributed by atoms with Gasteiger partial charge in [-0.3, -0.25) is 0 Å². The van der Waals surface area contributed by atoms with Crippen LogP contribution in [-0.4, -0.2) is 14.8 Å². The second-order valence-electron chi connectivity index (χ2n) is 3.80. The van der Waals surface area contributed by atoms with Crippen molar-refractivity contribution in [2.75, 3.05) is 0 Å². The van der Waals surface area contributed by atoms with E-state index in [0.29, 0.717) is 18.2 Å². The van der Waals surface area contributed by atoms with Crippen molar-refractivity contribution in [3.8, 4) is 0 Å². The Bertz CT molecular complexity index is 554. The van der Waals surface area contributed by atoms with Crippen molar-refractivity contribution in [1.82, 2.24) is 14.8 Å². The zero-order valence-electron chi connectivity index (χ0n) is 9.83. The van der Waals surface area contributed by atoms with Crippen LogP contribution in [0.3, 0.4) is 0 Å². The summed E-state index contributed by atoms with van der Waals surface area (Å²) in [5, 5.41) is 7.88. The van der Waals surface area contributed by atoms with Gasteiger partial charge >= 0.3 is 0 Å². The third-order valence-corrected chi connectivity index (χ3v) is 2.96. The van der Waals surface area contributed by atoms with Crippen LogP contribution >= 0.6 is 11.6 Å². The lowest BCUT2D eigenvalue weighted by Gasteiger charge is -2.07. The molecule has 1 aromatic carbocycles. The molecule has 1 aromatic heterocycles. The zero-order chi connectivity index (χ0) is 13.1. The monoisotopic (exact) mass is 271 g/mol. The molecule has 6 heteroatoms. The molecule has 0 aliphatic heterocycles. The van der Waals surface area contributed by atoms with Crippen molar-refractivity contribution < 1.29 is 8.78 Å². The first-order valence-electron chi connectivity index (χ1n) is 5.57. The molecule has 3 nitrogen and oxygen atoms in total. The van der Waals surface area contributed by atoms with Crippen LogP contribution in [0.15, 0.2) is 18.2 Å². The summed E-state index contributed by atoms with van der Waals surface area (Å²) >= 11 is 5.73. The Labute approximate surface area is 108 Å². The molecule has 1 heterocycles. The molecule has 0 atom stereocenters. The highest BCUT2D eigenvalue weighted by Gasteiger charge is 2.14. The van der Waals surface area contributed by atoms with Crippen LogP contribution in [0.5, 0.6) is 0 Å². The summed E-state index contributed by atoms with van der Waals surface area (Å²) in [6.07, 6.45) is 0.196. The van der Waals surface area contributed by atoms with Crippen molar-refractivity contribution in [1.29, 1.82) is 0 Å². The first-order chi connectivity index (χ1) is 8.67. The van der Waals surface area contributed by atoms with E-state index < -0.39 is 11.6 Å². The molecule has 0 radical (unpaired) electrons. The van der Waals surface area contributed by atoms with E-state index in [-0.39, 0.29) is 17.9 Å². The van der Waals surface area contributed by atoms with E-state index in [2.05, 4.69) is 10.2 Å². The SMILES string of the molecule is CCn1c(CCl)nnc1Cc1cccc(F)c1F. The van der Waals surface area contributed by atoms with E-state index in [9.17, 15) is 8.78 Å². The molecule has 2 aromatic rings. The van der Waals surface area contributed by atoms with Crippen LogP contribution in [0.1, 0.15) is 24.1 Å². The quantitative estimate of drug-likeness (QED) is 0.801. The van der Waals surface area contributed by atoms with Gasteiger partial charge in [-0.2, -0.15) is 0 Å². The average Bonchev–Trinajstić information content (AvgIpc) is 2.77. The van der Waals surface area contributed by atoms with Gasteiger partial charge in [-0.15, -0.1) is 21.8 Å². The number of hydrogen-bond acceptors (Lipinski definition) is 2. The van der Waals surface area contributed by atoms with Crippen LogP contribution in [0, 0.1) is 11.6 Å². The number of benzene rings is 1. The molecule has 0 amide bonds. The number of alkyl halides is 1. The minimum atomic E-state index is -0.854. The molecule has 0 saturated carbocycles. The highest BCUT2D eigenvalue weighted by atomic mass is 35.5. The standard InChI is InChI=1S/C12H12ClF2N3/c1-2-18-10(16-17-11(18)7-13)6-8-4-3-5-9(14)12(8)15/h3-5H,2,6-7H2,1H3. The second-order valence-corrected chi connectivity index (χ2v) is 4.07. The molecule has 2 rings (SSSR count). The minimum absolute atomic E-state index is 0.196. The maximum atomic E-state index is 13.6. The fraction of sp³-hybridized carbons (Fsp3) is 0.333. The molecular formula is C12H12ClF2N3. The summed E-state index contributed by atoms with van der Waals surface area (Å²) in [6, 6.07) is 4.10. The van der Waals surface area contributed by atoms with Crippen LogP contribution in [0.4, 0.5) is 8.78 Å². The van der Waals surface area contributed by atoms with Crippen molar-refractivity contribution >= 4 is 11.6 Å². The molecule has 0 unspecified atom stereocenters. The third kappa shape index (κ3) is 2.36. The molecular weight excluding hydrogens is 260 g/mol. The van der Waals surface area contributed by atoms with Crippen molar-refractivity contribution in [3.05, 3.63) is 47.0 Å². The van der Waals surface area contributed by atoms with Crippen molar-refractivity contribution in [2.45, 2.75) is 25.8 Å². The first-order valence-corrected chi connectivity index (χ1v) is 6.10. The molecule has 18 heavy (non-hydrogen) atoms. The molecule has 0 fully saturated rings. The predicted octanol–water partition coefficient (Wildman–Crippen LogP) is 2.91. The number of hydrogen-bond donors (Lipinski definition) is 0. The van der Waals surface area contributed by atoms with Gasteiger partial charge in [0.1, 0.15) is 11.6 Å². The van der Waals surface area contributed by atoms with E-state index in [0.717, 1.165) is 6.07 Å². The van der Waals surface area contributed by atoms with Gasteiger partial charge in [-0.25, -0.2) is 8.78 Å². The maximum absolute atomic E-state index is 13.6. The van der Waals surface area contributed by atoms with E-state index in [1.807, 2.05) is 6.92 Å². The van der Waals surface area contributed by atoms with Crippen molar-refractivity contribution in [3.63, 3.8) is 0 Å². The number of nitrogens with zero attached hydrogens (tertiary/aromatic N) is 3. The van der Waals surface area contributed by atoms with E-state index in [1.54, 1.807) is 4.57 Å². The Hall–Kier alpha value is -1.49. The van der Waals surface area contributed by atoms with Crippen LogP contribution in [0.25, 0.3) is 0 Å². The predicted molar refractivity (Wildman–Crippen MR) is 64.4 cm³/mol. The third-order valence-electron chi connectivity index (χ3n) is 2.72. The van der Waals surface area contributed by atoms with Crippen LogP contribution < -0.4 is 0 Å². The zero-order valence-corrected chi connectivity index (χ0v) is 10.6. The number of halogens is 3. The van der Waals surface area contributed by atoms with Gasteiger partial charge in [-0.05, 0) is 18.6 Å². The van der Waals surface area contributed by atoms with Gasteiger partial charge < -0.3 is 4.57 Å². The van der Waals surface area contributed by atoms with Gasteiger partial charge in [-0.1, -0.05) is 12.1 Å². The molecule has 96 valence electrons. The number of aromatic nitrogens is 3. The van der Waals surface area contributed by atoms with Gasteiger partial charge in [0.05, 0.1) is 5.88 Å². The molecule has 0 spiro atoms. The second kappa shape index (κ2) is 5.44. The lowest BCUT2D eigenvalue weighted by atomic mass is 10.1. The summed E-state index contributed by atoms with van der Waals surface area (Å²) < 4.78 is 28.5. The Morgan fingerprint density at radius 3 is 2.61 bits per heavy atom. The van der Waals surface area contributed by atoms with Crippen molar-refractivity contribution in [2.24, 2.45) is 0 Å². The summed E-state index contributed by atoms with van der Waals surface area (Å²) in [5.41, 5.74) is 0.262. The van der Waals surface area contributed by atoms with Gasteiger partial charge in [0.2, 0.25) is 0 Å². The normalized spacial score (nSPS) is 10.9. The summed E-state index contributed by atoms with van der Waals surface area (Å²) in [4.78, 5) is 0. The highest BCUT2D eigenvalue weighted by Crippen LogP contribution is 2.16. The fourth-order valence-corrected chi connectivity index (χ4v) is 2.02. The molecule has 0 bridgehead atoms. The maximum Gasteiger partial charge on any atom is 0.162 e. The Morgan fingerprint density at radius 2 is 1.94 bits per heavy atom. The molecule has 0 N–H and O–H groups in total. The molecule has 0 saturated heterocycles. The van der Waals surface area contributed by atoms with Gasteiger partial charge in [0.15, 0.2) is 11.6 Å².